The lowest BCUT2D eigenvalue weighted by molar-refractivity contribution is -0.137. The molecule has 4 heteroatoms. The number of hydrogen-bond donors (Lipinski definition) is 1. The molecule has 0 amide bonds. The number of halogens is 3. The van der Waals surface area contributed by atoms with Crippen LogP contribution in [0.15, 0.2) is 24.4 Å². The van der Waals surface area contributed by atoms with Gasteiger partial charge in [0.05, 0.1) is 5.56 Å². The van der Waals surface area contributed by atoms with Crippen LogP contribution in [0.4, 0.5) is 13.2 Å². The fourth-order valence-electron chi connectivity index (χ4n) is 3.23. The van der Waals surface area contributed by atoms with Crippen molar-refractivity contribution in [2.45, 2.75) is 38.3 Å². The van der Waals surface area contributed by atoms with Crippen molar-refractivity contribution in [1.82, 2.24) is 4.98 Å². The van der Waals surface area contributed by atoms with Gasteiger partial charge in [-0.25, -0.2) is 0 Å². The maximum Gasteiger partial charge on any atom is 0.416 e. The minimum absolute atomic E-state index is 0.386. The minimum atomic E-state index is -4.27. The summed E-state index contributed by atoms with van der Waals surface area (Å²) >= 11 is 0. The Morgan fingerprint density at radius 2 is 2.00 bits per heavy atom. The van der Waals surface area contributed by atoms with E-state index in [-0.39, 0.29) is 0 Å². The molecule has 0 aliphatic heterocycles. The van der Waals surface area contributed by atoms with Crippen molar-refractivity contribution in [3.63, 3.8) is 0 Å². The average Bonchev–Trinajstić information content (AvgIpc) is 2.92. The van der Waals surface area contributed by atoms with Crippen molar-refractivity contribution in [2.75, 3.05) is 0 Å². The van der Waals surface area contributed by atoms with Crippen molar-refractivity contribution < 1.29 is 13.2 Å². The quantitative estimate of drug-likeness (QED) is 0.740. The van der Waals surface area contributed by atoms with Gasteiger partial charge in [0.15, 0.2) is 0 Å². The van der Waals surface area contributed by atoms with E-state index in [4.69, 9.17) is 0 Å². The van der Waals surface area contributed by atoms with Crippen LogP contribution in [0.2, 0.25) is 0 Å². The van der Waals surface area contributed by atoms with Crippen LogP contribution in [-0.2, 0) is 6.18 Å². The Morgan fingerprint density at radius 1 is 1.21 bits per heavy atom. The van der Waals surface area contributed by atoms with Gasteiger partial charge >= 0.3 is 6.18 Å². The smallest absolute Gasteiger partial charge is 0.361 e. The molecule has 2 atom stereocenters. The fourth-order valence-corrected chi connectivity index (χ4v) is 3.23. The summed E-state index contributed by atoms with van der Waals surface area (Å²) in [6.45, 7) is 2.18. The van der Waals surface area contributed by atoms with E-state index in [0.717, 1.165) is 41.8 Å². The summed E-state index contributed by atoms with van der Waals surface area (Å²) in [5.74, 6) is 0.936. The van der Waals surface area contributed by atoms with Gasteiger partial charge in [-0.05, 0) is 42.0 Å². The van der Waals surface area contributed by atoms with Crippen molar-refractivity contribution in [1.29, 1.82) is 0 Å². The topological polar surface area (TPSA) is 15.8 Å². The number of fused-ring (bicyclic) bond motifs is 1. The summed E-state index contributed by atoms with van der Waals surface area (Å²) < 4.78 is 38.4. The van der Waals surface area contributed by atoms with Gasteiger partial charge in [0.1, 0.15) is 0 Å². The van der Waals surface area contributed by atoms with Gasteiger partial charge in [0.25, 0.3) is 0 Å². The summed E-state index contributed by atoms with van der Waals surface area (Å²) in [7, 11) is 0. The van der Waals surface area contributed by atoms with Gasteiger partial charge in [-0.15, -0.1) is 0 Å². The Morgan fingerprint density at radius 3 is 2.63 bits per heavy atom. The zero-order chi connectivity index (χ0) is 13.6. The molecule has 1 aromatic heterocycles. The number of rotatable bonds is 1. The summed E-state index contributed by atoms with van der Waals surface area (Å²) in [6, 6.07) is 3.95. The molecule has 0 spiro atoms. The SMILES string of the molecule is CC1CCCC1c1c[nH]c2ccc(C(F)(F)F)cc12. The van der Waals surface area contributed by atoms with Gasteiger partial charge in [-0.2, -0.15) is 13.2 Å². The standard InChI is InChI=1S/C15H16F3N/c1-9-3-2-4-11(9)13-8-19-14-6-5-10(7-12(13)14)15(16,17)18/h5-9,11,19H,2-4H2,1H3. The van der Waals surface area contributed by atoms with Crippen LogP contribution in [0.1, 0.15) is 43.2 Å². The van der Waals surface area contributed by atoms with E-state index in [9.17, 15) is 13.2 Å². The third-order valence-electron chi connectivity index (χ3n) is 4.30. The maximum atomic E-state index is 12.8. The van der Waals surface area contributed by atoms with Crippen LogP contribution in [-0.4, -0.2) is 4.98 Å². The molecule has 0 saturated heterocycles. The van der Waals surface area contributed by atoms with Gasteiger partial charge < -0.3 is 4.98 Å². The first-order valence-corrected chi connectivity index (χ1v) is 6.65. The molecule has 1 aromatic carbocycles. The van der Waals surface area contributed by atoms with E-state index >= 15 is 0 Å². The lowest BCUT2D eigenvalue weighted by atomic mass is 9.89. The van der Waals surface area contributed by atoms with Crippen molar-refractivity contribution in [3.8, 4) is 0 Å². The van der Waals surface area contributed by atoms with Gasteiger partial charge in [-0.1, -0.05) is 19.8 Å². The summed E-state index contributed by atoms with van der Waals surface area (Å²) in [5.41, 5.74) is 1.28. The molecule has 1 aliphatic carbocycles. The molecular formula is C15H16F3N. The lowest BCUT2D eigenvalue weighted by Crippen LogP contribution is -2.05. The molecule has 3 rings (SSSR count). The number of benzene rings is 1. The first kappa shape index (κ1) is 12.6. The molecule has 2 aromatic rings. The lowest BCUT2D eigenvalue weighted by Gasteiger charge is -2.15. The van der Waals surface area contributed by atoms with E-state index in [1.54, 1.807) is 0 Å². The second-order valence-electron chi connectivity index (χ2n) is 5.52. The van der Waals surface area contributed by atoms with Crippen molar-refractivity contribution >= 4 is 10.9 Å². The van der Waals surface area contributed by atoms with Crippen molar-refractivity contribution in [3.05, 3.63) is 35.5 Å². The fraction of sp³-hybridized carbons (Fsp3) is 0.467. The largest absolute Gasteiger partial charge is 0.416 e. The molecule has 0 bridgehead atoms. The highest BCUT2D eigenvalue weighted by atomic mass is 19.4. The van der Waals surface area contributed by atoms with Crippen LogP contribution in [0.5, 0.6) is 0 Å². The van der Waals surface area contributed by atoms with Crippen molar-refractivity contribution in [2.24, 2.45) is 5.92 Å². The molecule has 1 saturated carbocycles. The minimum Gasteiger partial charge on any atom is -0.361 e. The second kappa shape index (κ2) is 4.29. The second-order valence-corrected chi connectivity index (χ2v) is 5.52. The molecule has 0 radical (unpaired) electrons. The number of hydrogen-bond acceptors (Lipinski definition) is 0. The highest BCUT2D eigenvalue weighted by molar-refractivity contribution is 5.84. The first-order valence-electron chi connectivity index (χ1n) is 6.65. The molecule has 1 heterocycles. The third-order valence-corrected chi connectivity index (χ3v) is 4.30. The zero-order valence-electron chi connectivity index (χ0n) is 10.7. The van der Waals surface area contributed by atoms with Crippen LogP contribution in [0.25, 0.3) is 10.9 Å². The van der Waals surface area contributed by atoms with E-state index in [1.807, 2.05) is 6.20 Å². The number of aromatic nitrogens is 1. The number of nitrogens with one attached hydrogen (secondary N) is 1. The molecule has 1 aliphatic rings. The zero-order valence-corrected chi connectivity index (χ0v) is 10.7. The molecule has 1 fully saturated rings. The average molecular weight is 267 g/mol. The summed E-state index contributed by atoms with van der Waals surface area (Å²) in [6.07, 6.45) is 1.01. The van der Waals surface area contributed by atoms with E-state index in [1.165, 1.54) is 12.1 Å². The molecule has 19 heavy (non-hydrogen) atoms. The Bertz CT molecular complexity index is 597. The Kier molecular flexibility index (Phi) is 2.84. The third kappa shape index (κ3) is 2.13. The van der Waals surface area contributed by atoms with E-state index in [0.29, 0.717) is 11.8 Å². The Hall–Kier alpha value is -1.45. The first-order chi connectivity index (χ1) is 8.97. The molecule has 1 N–H and O–H groups in total. The molecule has 1 nitrogen and oxygen atoms in total. The number of alkyl halides is 3. The molecular weight excluding hydrogens is 251 g/mol. The monoisotopic (exact) mass is 267 g/mol. The van der Waals surface area contributed by atoms with Gasteiger partial charge in [-0.3, -0.25) is 0 Å². The van der Waals surface area contributed by atoms with Gasteiger partial charge in [0, 0.05) is 17.1 Å². The van der Waals surface area contributed by atoms with Crippen LogP contribution in [0.3, 0.4) is 0 Å². The Labute approximate surface area is 109 Å². The Balaban J connectivity index is 2.10. The summed E-state index contributed by atoms with van der Waals surface area (Å²) in [5, 5.41) is 0.730. The normalized spacial score (nSPS) is 24.2. The molecule has 102 valence electrons. The summed E-state index contributed by atoms with van der Waals surface area (Å²) in [4.78, 5) is 3.10. The van der Waals surface area contributed by atoms with E-state index in [2.05, 4.69) is 11.9 Å². The predicted octanol–water partition coefficient (Wildman–Crippen LogP) is 5.09. The number of aromatic amines is 1. The highest BCUT2D eigenvalue weighted by Gasteiger charge is 2.32. The van der Waals surface area contributed by atoms with Crippen LogP contribution >= 0.6 is 0 Å². The maximum absolute atomic E-state index is 12.8. The van der Waals surface area contributed by atoms with Crippen LogP contribution in [0, 0.1) is 5.92 Å². The van der Waals surface area contributed by atoms with Gasteiger partial charge in [0.2, 0.25) is 0 Å². The number of H-pyrrole nitrogens is 1. The van der Waals surface area contributed by atoms with Crippen LogP contribution < -0.4 is 0 Å². The molecule has 2 unspecified atom stereocenters. The predicted molar refractivity (Wildman–Crippen MR) is 69.1 cm³/mol. The highest BCUT2D eigenvalue weighted by Crippen LogP contribution is 2.42. The van der Waals surface area contributed by atoms with E-state index < -0.39 is 11.7 Å².